The Labute approximate surface area is 307 Å². The zero-order valence-electron chi connectivity index (χ0n) is 29.1. The third kappa shape index (κ3) is 4.21. The van der Waals surface area contributed by atoms with Crippen LogP contribution in [-0.4, -0.2) is 0 Å². The fourth-order valence-corrected chi connectivity index (χ4v) is 10.3. The van der Waals surface area contributed by atoms with Gasteiger partial charge in [0.05, 0.1) is 0 Å². The summed E-state index contributed by atoms with van der Waals surface area (Å²) in [5.41, 5.74) is 13.0. The maximum atomic E-state index is 2.49. The van der Waals surface area contributed by atoms with Gasteiger partial charge in [0.15, 0.2) is 0 Å². The third-order valence-electron chi connectivity index (χ3n) is 11.7. The molecule has 244 valence electrons. The molecule has 1 aromatic heterocycles. The lowest BCUT2D eigenvalue weighted by atomic mass is 9.80. The van der Waals surface area contributed by atoms with E-state index in [0.717, 1.165) is 0 Å². The van der Waals surface area contributed by atoms with Crippen molar-refractivity contribution in [2.24, 2.45) is 0 Å². The number of hydrogen-bond donors (Lipinski definition) is 0. The Balaban J connectivity index is 1.06. The molecule has 0 radical (unpaired) electrons. The van der Waals surface area contributed by atoms with E-state index in [1.165, 1.54) is 108 Å². The van der Waals surface area contributed by atoms with Crippen LogP contribution in [0.25, 0.3) is 97.0 Å². The fourth-order valence-electron chi connectivity index (χ4n) is 9.15. The molecular formula is C51H34S. The first-order chi connectivity index (χ1) is 25.5. The quantitative estimate of drug-likeness (QED) is 0.163. The monoisotopic (exact) mass is 678 g/mol. The van der Waals surface area contributed by atoms with Gasteiger partial charge in [-0.2, -0.15) is 0 Å². The standard InChI is InChI=1S/C51H34S/c1-51(2)44-29-34(33-23-26-46-43(28-33)50-36-15-7-6-12-31(36)22-27-47(50)52-46)20-24-37(44)38-25-21-35(30-45(38)51)49-41-18-10-8-16-39(41)48(32-13-4-3-5-14-32)40-17-9-11-19-42(40)49/h3-30H,1-2H3. The van der Waals surface area contributed by atoms with Crippen LogP contribution in [0.5, 0.6) is 0 Å². The van der Waals surface area contributed by atoms with E-state index in [-0.39, 0.29) is 5.41 Å². The lowest BCUT2D eigenvalue weighted by molar-refractivity contribution is 0.661. The van der Waals surface area contributed by atoms with Crippen molar-refractivity contribution >= 4 is 63.8 Å². The van der Waals surface area contributed by atoms with Gasteiger partial charge in [0.1, 0.15) is 0 Å². The van der Waals surface area contributed by atoms with Gasteiger partial charge >= 0.3 is 0 Å². The molecule has 10 aromatic rings. The molecule has 0 saturated heterocycles. The first-order valence-corrected chi connectivity index (χ1v) is 19.0. The molecular weight excluding hydrogens is 645 g/mol. The summed E-state index contributed by atoms with van der Waals surface area (Å²) in [5, 5.41) is 10.5. The zero-order valence-corrected chi connectivity index (χ0v) is 29.9. The summed E-state index contributed by atoms with van der Waals surface area (Å²) in [6, 6.07) is 63.5. The highest BCUT2D eigenvalue weighted by atomic mass is 32.1. The summed E-state index contributed by atoms with van der Waals surface area (Å²) in [6.45, 7) is 4.81. The Morgan fingerprint density at radius 1 is 0.365 bits per heavy atom. The predicted octanol–water partition coefficient (Wildman–Crippen LogP) is 14.8. The van der Waals surface area contributed by atoms with E-state index in [1.54, 1.807) is 0 Å². The first-order valence-electron chi connectivity index (χ1n) is 18.2. The van der Waals surface area contributed by atoms with Crippen LogP contribution in [0.2, 0.25) is 0 Å². The Morgan fingerprint density at radius 2 is 0.865 bits per heavy atom. The van der Waals surface area contributed by atoms with Crippen LogP contribution in [-0.2, 0) is 5.41 Å². The minimum absolute atomic E-state index is 0.151. The highest BCUT2D eigenvalue weighted by Crippen LogP contribution is 2.52. The van der Waals surface area contributed by atoms with Crippen molar-refractivity contribution in [3.05, 3.63) is 181 Å². The molecule has 1 heterocycles. The van der Waals surface area contributed by atoms with E-state index >= 15 is 0 Å². The highest BCUT2D eigenvalue weighted by molar-refractivity contribution is 7.26. The van der Waals surface area contributed by atoms with Crippen molar-refractivity contribution in [2.75, 3.05) is 0 Å². The topological polar surface area (TPSA) is 0 Å². The van der Waals surface area contributed by atoms with Crippen molar-refractivity contribution in [2.45, 2.75) is 19.3 Å². The van der Waals surface area contributed by atoms with Gasteiger partial charge in [-0.05, 0) is 118 Å². The summed E-state index contributed by atoms with van der Waals surface area (Å²) in [6.07, 6.45) is 0. The molecule has 1 aliphatic rings. The summed E-state index contributed by atoms with van der Waals surface area (Å²) in [4.78, 5) is 0. The minimum Gasteiger partial charge on any atom is -0.135 e. The molecule has 1 aliphatic carbocycles. The molecule has 0 amide bonds. The molecule has 11 rings (SSSR count). The smallest absolute Gasteiger partial charge is 0.0361 e. The second kappa shape index (κ2) is 11.0. The van der Waals surface area contributed by atoms with E-state index in [9.17, 15) is 0 Å². The molecule has 0 atom stereocenters. The normalized spacial score (nSPS) is 13.3. The largest absolute Gasteiger partial charge is 0.135 e. The van der Waals surface area contributed by atoms with Crippen LogP contribution in [0.1, 0.15) is 25.0 Å². The van der Waals surface area contributed by atoms with E-state index in [4.69, 9.17) is 0 Å². The molecule has 0 spiro atoms. The molecule has 0 unspecified atom stereocenters. The number of fused-ring (bicyclic) bond motifs is 10. The number of hydrogen-bond acceptors (Lipinski definition) is 1. The van der Waals surface area contributed by atoms with Crippen LogP contribution < -0.4 is 0 Å². The maximum Gasteiger partial charge on any atom is 0.0361 e. The van der Waals surface area contributed by atoms with Crippen molar-refractivity contribution in [3.8, 4) is 44.5 Å². The predicted molar refractivity (Wildman–Crippen MR) is 226 cm³/mol. The maximum absolute atomic E-state index is 2.49. The Kier molecular flexibility index (Phi) is 6.27. The molecule has 0 bridgehead atoms. The van der Waals surface area contributed by atoms with Crippen molar-refractivity contribution < 1.29 is 0 Å². The second-order valence-corrected chi connectivity index (χ2v) is 15.9. The van der Waals surface area contributed by atoms with Crippen LogP contribution >= 0.6 is 11.3 Å². The molecule has 9 aromatic carbocycles. The van der Waals surface area contributed by atoms with Gasteiger partial charge in [-0.25, -0.2) is 0 Å². The van der Waals surface area contributed by atoms with E-state index in [0.29, 0.717) is 0 Å². The lowest BCUT2D eigenvalue weighted by Gasteiger charge is -2.23. The van der Waals surface area contributed by atoms with Crippen LogP contribution in [0.4, 0.5) is 0 Å². The summed E-state index contributed by atoms with van der Waals surface area (Å²) in [7, 11) is 0. The Bertz CT molecular complexity index is 3030. The van der Waals surface area contributed by atoms with Gasteiger partial charge < -0.3 is 0 Å². The average molecular weight is 679 g/mol. The second-order valence-electron chi connectivity index (χ2n) is 14.8. The van der Waals surface area contributed by atoms with Gasteiger partial charge in [-0.3, -0.25) is 0 Å². The molecule has 0 saturated carbocycles. The van der Waals surface area contributed by atoms with Crippen LogP contribution in [0, 0.1) is 0 Å². The van der Waals surface area contributed by atoms with E-state index < -0.39 is 0 Å². The Hall–Kier alpha value is -6.02. The number of benzene rings is 9. The number of thiophene rings is 1. The van der Waals surface area contributed by atoms with Gasteiger partial charge in [0.2, 0.25) is 0 Å². The van der Waals surface area contributed by atoms with Gasteiger partial charge in [-0.1, -0.05) is 153 Å². The molecule has 1 heteroatoms. The third-order valence-corrected chi connectivity index (χ3v) is 12.8. The van der Waals surface area contributed by atoms with Crippen LogP contribution in [0.15, 0.2) is 170 Å². The lowest BCUT2D eigenvalue weighted by Crippen LogP contribution is -2.15. The van der Waals surface area contributed by atoms with Crippen molar-refractivity contribution in [3.63, 3.8) is 0 Å². The molecule has 0 nitrogen and oxygen atoms in total. The first kappa shape index (κ1) is 29.7. The number of rotatable bonds is 3. The molecule has 0 N–H and O–H groups in total. The fraction of sp³-hybridized carbons (Fsp3) is 0.0588. The summed E-state index contributed by atoms with van der Waals surface area (Å²) in [5.74, 6) is 0. The SMILES string of the molecule is CC1(C)c2cc(-c3ccc4sc5ccc6ccccc6c5c4c3)ccc2-c2ccc(-c3c4ccccc4c(-c4ccccc4)c4ccccc34)cc21. The van der Waals surface area contributed by atoms with Gasteiger partial charge in [0.25, 0.3) is 0 Å². The van der Waals surface area contributed by atoms with Gasteiger partial charge in [0, 0.05) is 25.6 Å². The van der Waals surface area contributed by atoms with Crippen LogP contribution in [0.3, 0.4) is 0 Å². The van der Waals surface area contributed by atoms with Crippen molar-refractivity contribution in [1.82, 2.24) is 0 Å². The molecule has 52 heavy (non-hydrogen) atoms. The minimum atomic E-state index is -0.151. The summed E-state index contributed by atoms with van der Waals surface area (Å²) >= 11 is 1.89. The highest BCUT2D eigenvalue weighted by Gasteiger charge is 2.36. The average Bonchev–Trinajstić information content (AvgIpc) is 3.68. The molecule has 0 aliphatic heterocycles. The summed E-state index contributed by atoms with van der Waals surface area (Å²) < 4.78 is 2.69. The van der Waals surface area contributed by atoms with Gasteiger partial charge in [-0.15, -0.1) is 11.3 Å². The van der Waals surface area contributed by atoms with Crippen molar-refractivity contribution in [1.29, 1.82) is 0 Å². The van der Waals surface area contributed by atoms with E-state index in [2.05, 4.69) is 184 Å². The molecule has 0 fully saturated rings. The van der Waals surface area contributed by atoms with E-state index in [1.807, 2.05) is 11.3 Å². The Morgan fingerprint density at radius 3 is 1.54 bits per heavy atom. The zero-order chi connectivity index (χ0) is 34.6.